The van der Waals surface area contributed by atoms with Crippen molar-refractivity contribution in [3.63, 3.8) is 0 Å². The third-order valence-electron chi connectivity index (χ3n) is 3.00. The van der Waals surface area contributed by atoms with Gasteiger partial charge in [0.2, 0.25) is 0 Å². The molecule has 104 valence electrons. The second kappa shape index (κ2) is 5.04. The molecule has 1 amide bonds. The molecule has 0 saturated carbocycles. The van der Waals surface area contributed by atoms with Crippen molar-refractivity contribution < 1.29 is 9.72 Å². The quantitative estimate of drug-likeness (QED) is 0.590. The first-order chi connectivity index (χ1) is 10.1. The number of hydrogen-bond acceptors (Lipinski definition) is 4. The summed E-state index contributed by atoms with van der Waals surface area (Å²) in [6, 6.07) is 10.8. The lowest BCUT2D eigenvalue weighted by Crippen LogP contribution is -2.12. The molecule has 0 aliphatic heterocycles. The Morgan fingerprint density at radius 3 is 2.67 bits per heavy atom. The number of carbonyl (C=O) groups excluding carboxylic acids is 1. The number of hydrogen-bond donors (Lipinski definition) is 1. The van der Waals surface area contributed by atoms with Crippen molar-refractivity contribution in [1.82, 2.24) is 9.61 Å². The molecule has 21 heavy (non-hydrogen) atoms. The fourth-order valence-electron chi connectivity index (χ4n) is 1.94. The number of nitrogens with one attached hydrogen (secondary N) is 1. The number of rotatable bonds is 3. The smallest absolute Gasteiger partial charge is 0.269 e. The van der Waals surface area contributed by atoms with E-state index in [9.17, 15) is 14.9 Å². The lowest BCUT2D eigenvalue weighted by Gasteiger charge is -2.05. The van der Waals surface area contributed by atoms with Crippen molar-refractivity contribution >= 4 is 22.8 Å². The van der Waals surface area contributed by atoms with Crippen LogP contribution in [0.2, 0.25) is 0 Å². The van der Waals surface area contributed by atoms with Crippen LogP contribution in [0.4, 0.5) is 11.4 Å². The summed E-state index contributed by atoms with van der Waals surface area (Å²) < 4.78 is 1.68. The molecule has 0 unspecified atom stereocenters. The van der Waals surface area contributed by atoms with Gasteiger partial charge >= 0.3 is 0 Å². The van der Waals surface area contributed by atoms with Crippen molar-refractivity contribution in [2.24, 2.45) is 0 Å². The molecule has 3 rings (SSSR count). The topological polar surface area (TPSA) is 89.5 Å². The van der Waals surface area contributed by atoms with Crippen LogP contribution in [-0.2, 0) is 0 Å². The molecule has 0 spiro atoms. The Bertz CT molecular complexity index is 824. The minimum atomic E-state index is -0.505. The molecule has 2 aromatic heterocycles. The molecule has 2 heterocycles. The van der Waals surface area contributed by atoms with E-state index in [1.54, 1.807) is 29.0 Å². The number of anilines is 1. The van der Waals surface area contributed by atoms with Gasteiger partial charge in [0.15, 0.2) is 0 Å². The standard InChI is InChI=1S/C14H10N4O3/c19-14(10-1-3-12(4-2-10)18(20)21)16-11-6-8-17-13(9-11)5-7-15-17/h1-9H,(H,16,19). The third-order valence-corrected chi connectivity index (χ3v) is 3.00. The molecule has 7 nitrogen and oxygen atoms in total. The first-order valence-corrected chi connectivity index (χ1v) is 6.13. The largest absolute Gasteiger partial charge is 0.322 e. The molecular weight excluding hydrogens is 272 g/mol. The van der Waals surface area contributed by atoms with E-state index < -0.39 is 4.92 Å². The summed E-state index contributed by atoms with van der Waals surface area (Å²) in [5.41, 5.74) is 1.80. The number of nitrogens with zero attached hydrogens (tertiary/aromatic N) is 3. The second-order valence-corrected chi connectivity index (χ2v) is 4.37. The highest BCUT2D eigenvalue weighted by molar-refractivity contribution is 6.04. The zero-order valence-electron chi connectivity index (χ0n) is 10.8. The number of fused-ring (bicyclic) bond motifs is 1. The molecule has 0 fully saturated rings. The molecule has 0 atom stereocenters. The van der Waals surface area contributed by atoms with Gasteiger partial charge in [0.25, 0.3) is 11.6 Å². The van der Waals surface area contributed by atoms with E-state index in [-0.39, 0.29) is 11.6 Å². The molecule has 7 heteroatoms. The first kappa shape index (κ1) is 12.8. The van der Waals surface area contributed by atoms with Crippen molar-refractivity contribution in [2.45, 2.75) is 0 Å². The van der Waals surface area contributed by atoms with Gasteiger partial charge in [0.1, 0.15) is 0 Å². The summed E-state index contributed by atoms with van der Waals surface area (Å²) in [6.07, 6.45) is 3.40. The average Bonchev–Trinajstić information content (AvgIpc) is 2.95. The zero-order valence-corrected chi connectivity index (χ0v) is 10.8. The Morgan fingerprint density at radius 1 is 1.19 bits per heavy atom. The summed E-state index contributed by atoms with van der Waals surface area (Å²) in [6.45, 7) is 0. The molecule has 0 radical (unpaired) electrons. The van der Waals surface area contributed by atoms with Crippen molar-refractivity contribution in [3.05, 3.63) is 70.5 Å². The predicted octanol–water partition coefficient (Wildman–Crippen LogP) is 2.49. The maximum atomic E-state index is 12.1. The maximum Gasteiger partial charge on any atom is 0.269 e. The Morgan fingerprint density at radius 2 is 1.95 bits per heavy atom. The van der Waals surface area contributed by atoms with Gasteiger partial charge < -0.3 is 5.32 Å². The van der Waals surface area contributed by atoms with Gasteiger partial charge in [0.05, 0.1) is 10.4 Å². The average molecular weight is 282 g/mol. The van der Waals surface area contributed by atoms with Crippen LogP contribution < -0.4 is 5.32 Å². The molecule has 0 saturated heterocycles. The number of carbonyl (C=O) groups is 1. The minimum absolute atomic E-state index is 0.0489. The minimum Gasteiger partial charge on any atom is -0.322 e. The lowest BCUT2D eigenvalue weighted by atomic mass is 10.2. The van der Waals surface area contributed by atoms with Crippen molar-refractivity contribution in [2.75, 3.05) is 5.32 Å². The first-order valence-electron chi connectivity index (χ1n) is 6.13. The van der Waals surface area contributed by atoms with Crippen LogP contribution in [0.15, 0.2) is 54.9 Å². The predicted molar refractivity (Wildman–Crippen MR) is 76.2 cm³/mol. The highest BCUT2D eigenvalue weighted by Gasteiger charge is 2.10. The van der Waals surface area contributed by atoms with Gasteiger partial charge in [-0.15, -0.1) is 0 Å². The van der Waals surface area contributed by atoms with E-state index in [0.29, 0.717) is 11.3 Å². The van der Waals surface area contributed by atoms with Gasteiger partial charge in [-0.1, -0.05) is 0 Å². The van der Waals surface area contributed by atoms with Gasteiger partial charge in [-0.3, -0.25) is 14.9 Å². The van der Waals surface area contributed by atoms with E-state index in [2.05, 4.69) is 10.4 Å². The Kier molecular flexibility index (Phi) is 3.07. The zero-order chi connectivity index (χ0) is 14.8. The molecule has 3 aromatic rings. The number of nitro benzene ring substituents is 1. The summed E-state index contributed by atoms with van der Waals surface area (Å²) >= 11 is 0. The van der Waals surface area contributed by atoms with E-state index >= 15 is 0 Å². The number of nitro groups is 1. The van der Waals surface area contributed by atoms with E-state index in [1.807, 2.05) is 6.07 Å². The molecule has 0 bridgehead atoms. The number of benzene rings is 1. The normalized spacial score (nSPS) is 10.5. The van der Waals surface area contributed by atoms with Gasteiger partial charge in [-0.05, 0) is 30.3 Å². The highest BCUT2D eigenvalue weighted by atomic mass is 16.6. The van der Waals surface area contributed by atoms with E-state index in [1.165, 1.54) is 24.3 Å². The third kappa shape index (κ3) is 2.57. The van der Waals surface area contributed by atoms with Crippen molar-refractivity contribution in [1.29, 1.82) is 0 Å². The Labute approximate surface area is 119 Å². The number of amides is 1. The maximum absolute atomic E-state index is 12.1. The fourth-order valence-corrected chi connectivity index (χ4v) is 1.94. The monoisotopic (exact) mass is 282 g/mol. The Hall–Kier alpha value is -3.22. The van der Waals surface area contributed by atoms with Crippen LogP contribution in [0.5, 0.6) is 0 Å². The molecule has 1 aromatic carbocycles. The van der Waals surface area contributed by atoms with Gasteiger partial charge in [-0.2, -0.15) is 5.10 Å². The Balaban J connectivity index is 1.80. The summed E-state index contributed by atoms with van der Waals surface area (Å²) in [5, 5.41) is 17.4. The summed E-state index contributed by atoms with van der Waals surface area (Å²) in [4.78, 5) is 22.1. The van der Waals surface area contributed by atoms with Crippen LogP contribution in [-0.4, -0.2) is 20.4 Å². The number of non-ortho nitro benzene ring substituents is 1. The SMILES string of the molecule is O=C(Nc1ccn2nccc2c1)c1ccc([N+](=O)[O-])cc1. The van der Waals surface area contributed by atoms with Gasteiger partial charge in [0, 0.05) is 35.8 Å². The van der Waals surface area contributed by atoms with E-state index in [4.69, 9.17) is 0 Å². The summed E-state index contributed by atoms with van der Waals surface area (Å²) in [5.74, 6) is -0.325. The highest BCUT2D eigenvalue weighted by Crippen LogP contribution is 2.15. The second-order valence-electron chi connectivity index (χ2n) is 4.37. The lowest BCUT2D eigenvalue weighted by molar-refractivity contribution is -0.384. The molecule has 0 aliphatic carbocycles. The van der Waals surface area contributed by atoms with Crippen LogP contribution in [0.1, 0.15) is 10.4 Å². The van der Waals surface area contributed by atoms with Crippen LogP contribution >= 0.6 is 0 Å². The molecular formula is C14H10N4O3. The molecule has 1 N–H and O–H groups in total. The van der Waals surface area contributed by atoms with Crippen LogP contribution in [0.25, 0.3) is 5.52 Å². The van der Waals surface area contributed by atoms with Crippen molar-refractivity contribution in [3.8, 4) is 0 Å². The molecule has 0 aliphatic rings. The van der Waals surface area contributed by atoms with Crippen LogP contribution in [0.3, 0.4) is 0 Å². The van der Waals surface area contributed by atoms with Gasteiger partial charge in [-0.25, -0.2) is 4.52 Å². The van der Waals surface area contributed by atoms with E-state index in [0.717, 1.165) is 5.52 Å². The number of aromatic nitrogens is 2. The van der Waals surface area contributed by atoms with Crippen LogP contribution in [0, 0.1) is 10.1 Å². The number of pyridine rings is 1. The summed E-state index contributed by atoms with van der Waals surface area (Å²) in [7, 11) is 0. The fraction of sp³-hybridized carbons (Fsp3) is 0.